The molecule has 3 unspecified atom stereocenters. The summed E-state index contributed by atoms with van der Waals surface area (Å²) < 4.78 is 0. The molecule has 6 aliphatic rings. The fourth-order valence-electron chi connectivity index (χ4n) is 7.07. The maximum atomic E-state index is 13.2. The molecule has 1 amide bonds. The molecule has 5 saturated carbocycles. The Hall–Kier alpha value is -1.16. The van der Waals surface area contributed by atoms with Gasteiger partial charge in [0.15, 0.2) is 0 Å². The first kappa shape index (κ1) is 15.1. The number of carbonyl (C=O) groups is 1. The van der Waals surface area contributed by atoms with Crippen molar-refractivity contribution in [3.63, 3.8) is 0 Å². The van der Waals surface area contributed by atoms with Crippen LogP contribution in [-0.4, -0.2) is 50.3 Å². The number of hydrogen-bond donors (Lipinski definition) is 3. The molecule has 0 spiro atoms. The smallest absolute Gasteiger partial charge is 0.241 e. The van der Waals surface area contributed by atoms with Gasteiger partial charge in [-0.25, -0.2) is 0 Å². The predicted octanol–water partition coefficient (Wildman–Crippen LogP) is 0.273. The number of nitrogens with zero attached hydrogens (tertiary/aromatic N) is 2. The number of nitriles is 1. The van der Waals surface area contributed by atoms with Crippen LogP contribution in [0.3, 0.4) is 0 Å². The van der Waals surface area contributed by atoms with Crippen LogP contribution in [0, 0.1) is 28.6 Å². The lowest BCUT2D eigenvalue weighted by molar-refractivity contribution is -0.234. The van der Waals surface area contributed by atoms with Crippen molar-refractivity contribution < 1.29 is 15.0 Å². The number of carbonyl (C=O) groups excluding carboxylic acids is 1. The number of aliphatic hydroxyl groups is 2. The van der Waals surface area contributed by atoms with Gasteiger partial charge in [-0.2, -0.15) is 5.26 Å². The van der Waals surface area contributed by atoms with Gasteiger partial charge in [-0.15, -0.1) is 0 Å². The van der Waals surface area contributed by atoms with Gasteiger partial charge in [0.25, 0.3) is 0 Å². The van der Waals surface area contributed by atoms with Crippen LogP contribution in [-0.2, 0) is 4.79 Å². The van der Waals surface area contributed by atoms with Crippen LogP contribution in [0.4, 0.5) is 0 Å². The summed E-state index contributed by atoms with van der Waals surface area (Å²) in [5.41, 5.74) is 4.21. The average Bonchev–Trinajstić information content (AvgIpc) is 3.12. The van der Waals surface area contributed by atoms with Crippen LogP contribution >= 0.6 is 0 Å². The van der Waals surface area contributed by atoms with E-state index in [-0.39, 0.29) is 23.9 Å². The van der Waals surface area contributed by atoms with Gasteiger partial charge in [-0.1, -0.05) is 0 Å². The normalized spacial score (nSPS) is 55.2. The van der Waals surface area contributed by atoms with E-state index in [9.17, 15) is 20.3 Å². The minimum atomic E-state index is -0.881. The van der Waals surface area contributed by atoms with Crippen molar-refractivity contribution in [3.05, 3.63) is 0 Å². The molecule has 0 radical (unpaired) electrons. The van der Waals surface area contributed by atoms with E-state index in [1.807, 2.05) is 0 Å². The summed E-state index contributed by atoms with van der Waals surface area (Å²) in [4.78, 5) is 14.9. The van der Waals surface area contributed by atoms with Crippen molar-refractivity contribution in [1.29, 1.82) is 5.26 Å². The summed E-state index contributed by atoms with van der Waals surface area (Å²) in [6.45, 7) is 0. The fourth-order valence-corrected chi connectivity index (χ4v) is 7.07. The molecule has 1 heterocycles. The lowest BCUT2D eigenvalue weighted by Gasteiger charge is -2.64. The van der Waals surface area contributed by atoms with Crippen molar-refractivity contribution >= 4 is 5.91 Å². The van der Waals surface area contributed by atoms with E-state index in [0.29, 0.717) is 38.0 Å². The minimum Gasteiger partial charge on any atom is -0.390 e. The average molecular weight is 334 g/mol. The van der Waals surface area contributed by atoms with Gasteiger partial charge in [-0.05, 0) is 56.8 Å². The Morgan fingerprint density at radius 3 is 2.42 bits per heavy atom. The molecule has 4 N–H and O–H groups in total. The van der Waals surface area contributed by atoms with Crippen molar-refractivity contribution in [2.75, 3.05) is 0 Å². The second-order valence-electron chi connectivity index (χ2n) is 9.49. The molecule has 6 nitrogen and oxygen atoms in total. The Bertz CT molecular complexity index is 640. The van der Waals surface area contributed by atoms with Crippen LogP contribution in [0.5, 0.6) is 0 Å². The monoisotopic (exact) mass is 334 g/mol. The fraction of sp³-hybridized carbons (Fsp3) is 0.889. The van der Waals surface area contributed by atoms with E-state index >= 15 is 0 Å². The van der Waals surface area contributed by atoms with E-state index in [1.165, 1.54) is 0 Å². The third-order valence-electron chi connectivity index (χ3n) is 7.49. The summed E-state index contributed by atoms with van der Waals surface area (Å²) in [5, 5.41) is 31.1. The number of nitrogens with two attached hydrogens (primary N) is 1. The molecule has 0 aromatic heterocycles. The SMILES string of the molecule is N#C[C@H]1C[C@@H]2[13CH2][C@@H]2N1[13C](=O)[13CH](N)C12CC3C[C@@](O)(C1)C[C@](O)(C3)C2. The molecule has 6 rings (SSSR count). The van der Waals surface area contributed by atoms with Crippen LogP contribution in [0.25, 0.3) is 0 Å². The molecule has 24 heavy (non-hydrogen) atoms. The van der Waals surface area contributed by atoms with E-state index in [2.05, 4.69) is 6.07 Å². The molecule has 4 bridgehead atoms. The third kappa shape index (κ3) is 1.89. The first-order valence-corrected chi connectivity index (χ1v) is 9.19. The number of piperidine rings is 1. The van der Waals surface area contributed by atoms with Crippen LogP contribution in [0.2, 0.25) is 0 Å². The molecule has 6 fully saturated rings. The summed E-state index contributed by atoms with van der Waals surface area (Å²) in [6.07, 6.45) is 5.41. The molecule has 5 aliphatic carbocycles. The Balaban J connectivity index is 1.45. The van der Waals surface area contributed by atoms with Crippen molar-refractivity contribution in [2.24, 2.45) is 23.0 Å². The van der Waals surface area contributed by atoms with Gasteiger partial charge in [0.05, 0.1) is 23.3 Å². The Labute approximate surface area is 141 Å². The number of hydrogen-bond acceptors (Lipinski definition) is 5. The highest BCUT2D eigenvalue weighted by Gasteiger charge is 2.66. The second kappa shape index (κ2) is 4.32. The molecular weight excluding hydrogens is 309 g/mol. The molecule has 1 saturated heterocycles. The molecule has 0 aromatic rings. The van der Waals surface area contributed by atoms with Crippen LogP contribution in [0.1, 0.15) is 51.4 Å². The number of fused-ring (bicyclic) bond motifs is 1. The van der Waals surface area contributed by atoms with Crippen LogP contribution in [0.15, 0.2) is 0 Å². The highest BCUT2D eigenvalue weighted by Crippen LogP contribution is 2.64. The summed E-state index contributed by atoms with van der Waals surface area (Å²) in [6, 6.07) is 1.36. The largest absolute Gasteiger partial charge is 0.390 e. The Morgan fingerprint density at radius 1 is 1.17 bits per heavy atom. The van der Waals surface area contributed by atoms with E-state index < -0.39 is 22.7 Å². The first-order valence-electron chi connectivity index (χ1n) is 9.19. The Kier molecular flexibility index (Phi) is 2.72. The first-order chi connectivity index (χ1) is 11.3. The van der Waals surface area contributed by atoms with Crippen molar-refractivity contribution in [1.82, 2.24) is 4.90 Å². The lowest BCUT2D eigenvalue weighted by atomic mass is 9.48. The highest BCUT2D eigenvalue weighted by molar-refractivity contribution is 5.84. The minimum absolute atomic E-state index is 0.138. The quantitative estimate of drug-likeness (QED) is 0.628. The summed E-state index contributed by atoms with van der Waals surface area (Å²) >= 11 is 0. The molecular formula is C18H25N3O3. The van der Waals surface area contributed by atoms with Gasteiger partial charge in [0, 0.05) is 17.9 Å². The van der Waals surface area contributed by atoms with Gasteiger partial charge in [0.1, 0.15) is 6.04 Å². The molecule has 8 atom stereocenters. The Morgan fingerprint density at radius 2 is 1.83 bits per heavy atom. The van der Waals surface area contributed by atoms with Crippen molar-refractivity contribution in [2.45, 2.75) is 80.7 Å². The van der Waals surface area contributed by atoms with E-state index in [0.717, 1.165) is 19.3 Å². The molecule has 1 aliphatic heterocycles. The second-order valence-corrected chi connectivity index (χ2v) is 9.49. The standard InChI is InChI=1S/C18H25N3O3/c19-6-12-1-11-2-13(11)21(12)15(22)14(20)16-3-10-4-17(23,7-16)9-18(24,5-10)8-16/h10-14,23-24H,1-5,7-9,20H2/t10?,11-,12-,13+,14?,16?,17-,18+/m1/s1/i2+1,14+1,15+1. The maximum Gasteiger partial charge on any atom is 0.241 e. The number of rotatable bonds is 2. The zero-order chi connectivity index (χ0) is 16.9. The molecule has 130 valence electrons. The maximum absolute atomic E-state index is 13.2. The van der Waals surface area contributed by atoms with E-state index in [1.54, 1.807) is 4.90 Å². The topological polar surface area (TPSA) is 111 Å². The summed E-state index contributed by atoms with van der Waals surface area (Å²) in [7, 11) is 0. The van der Waals surface area contributed by atoms with Crippen molar-refractivity contribution in [3.8, 4) is 6.07 Å². The van der Waals surface area contributed by atoms with E-state index in [4.69, 9.17) is 5.73 Å². The number of amides is 1. The highest BCUT2D eigenvalue weighted by atomic mass is 16.3. The van der Waals surface area contributed by atoms with Gasteiger partial charge < -0.3 is 20.8 Å². The number of likely N-dealkylation sites (tertiary alicyclic amines) is 1. The zero-order valence-corrected chi connectivity index (χ0v) is 13.8. The summed E-state index contributed by atoms with van der Waals surface area (Å²) in [5.74, 6) is 0.574. The predicted molar refractivity (Wildman–Crippen MR) is 84.3 cm³/mol. The van der Waals surface area contributed by atoms with Crippen LogP contribution < -0.4 is 5.73 Å². The zero-order valence-electron chi connectivity index (χ0n) is 13.8. The van der Waals surface area contributed by atoms with Gasteiger partial charge in [0.2, 0.25) is 5.91 Å². The van der Waals surface area contributed by atoms with Gasteiger partial charge >= 0.3 is 0 Å². The van der Waals surface area contributed by atoms with Gasteiger partial charge in [-0.3, -0.25) is 4.79 Å². The molecule has 0 aromatic carbocycles. The third-order valence-corrected chi connectivity index (χ3v) is 7.49. The molecule has 6 heteroatoms. The lowest BCUT2D eigenvalue weighted by Crippen LogP contribution is -2.69.